The number of nitrogen functional groups attached to an aromatic ring is 1. The van der Waals surface area contributed by atoms with Crippen LogP contribution in [0.25, 0.3) is 0 Å². The Morgan fingerprint density at radius 3 is 2.47 bits per heavy atom. The Labute approximate surface area is 90.5 Å². The molecular formula is C10H16N2O2S. The van der Waals surface area contributed by atoms with Crippen molar-refractivity contribution in [3.63, 3.8) is 0 Å². The van der Waals surface area contributed by atoms with E-state index in [1.807, 2.05) is 19.9 Å². The minimum atomic E-state index is -3.26. The summed E-state index contributed by atoms with van der Waals surface area (Å²) >= 11 is 0. The van der Waals surface area contributed by atoms with Crippen LogP contribution in [0.3, 0.4) is 0 Å². The Morgan fingerprint density at radius 1 is 1.33 bits per heavy atom. The molecule has 15 heavy (non-hydrogen) atoms. The third kappa shape index (κ3) is 2.62. The number of nitrogens with two attached hydrogens (primary N) is 1. The number of nitrogens with one attached hydrogen (secondary N) is 1. The molecule has 0 aromatic heterocycles. The highest BCUT2D eigenvalue weighted by atomic mass is 32.2. The van der Waals surface area contributed by atoms with Crippen LogP contribution in [0.2, 0.25) is 0 Å². The molecule has 0 bridgehead atoms. The van der Waals surface area contributed by atoms with Gasteiger partial charge in [-0.3, -0.25) is 4.72 Å². The van der Waals surface area contributed by atoms with E-state index in [2.05, 4.69) is 4.72 Å². The lowest BCUT2D eigenvalue weighted by Gasteiger charge is -2.13. The number of aryl methyl sites for hydroxylation is 1. The molecule has 0 aliphatic heterocycles. The molecule has 1 aromatic carbocycles. The van der Waals surface area contributed by atoms with Gasteiger partial charge >= 0.3 is 0 Å². The number of anilines is 2. The first kappa shape index (κ1) is 11.8. The zero-order chi connectivity index (χ0) is 11.6. The van der Waals surface area contributed by atoms with Gasteiger partial charge in [-0.2, -0.15) is 0 Å². The van der Waals surface area contributed by atoms with Crippen molar-refractivity contribution in [1.82, 2.24) is 0 Å². The van der Waals surface area contributed by atoms with Gasteiger partial charge in [-0.25, -0.2) is 8.42 Å². The molecule has 0 saturated heterocycles. The lowest BCUT2D eigenvalue weighted by molar-refractivity contribution is 0.602. The molecule has 0 heterocycles. The van der Waals surface area contributed by atoms with Crippen LogP contribution in [0.5, 0.6) is 0 Å². The molecule has 84 valence electrons. The molecule has 0 aliphatic carbocycles. The maximum absolute atomic E-state index is 11.4. The van der Waals surface area contributed by atoms with Crippen molar-refractivity contribution < 1.29 is 8.42 Å². The van der Waals surface area contributed by atoms with Gasteiger partial charge in [0, 0.05) is 0 Å². The fraction of sp³-hybridized carbons (Fsp3) is 0.400. The van der Waals surface area contributed by atoms with Crippen LogP contribution in [0, 0.1) is 13.8 Å². The molecule has 0 spiro atoms. The minimum absolute atomic E-state index is 0.0415. The summed E-state index contributed by atoms with van der Waals surface area (Å²) in [6.45, 7) is 5.35. The predicted octanol–water partition coefficient (Wildman–Crippen LogP) is 1.65. The normalized spacial score (nSPS) is 11.4. The predicted molar refractivity (Wildman–Crippen MR) is 63.4 cm³/mol. The molecule has 0 radical (unpaired) electrons. The largest absolute Gasteiger partial charge is 0.397 e. The van der Waals surface area contributed by atoms with Gasteiger partial charge in [0.15, 0.2) is 0 Å². The number of hydrogen-bond acceptors (Lipinski definition) is 3. The third-order valence-electron chi connectivity index (χ3n) is 2.41. The number of sulfonamides is 1. The first-order valence-corrected chi connectivity index (χ1v) is 6.38. The summed E-state index contributed by atoms with van der Waals surface area (Å²) in [4.78, 5) is 0. The molecule has 0 unspecified atom stereocenters. The lowest BCUT2D eigenvalue weighted by Crippen LogP contribution is -2.16. The topological polar surface area (TPSA) is 72.2 Å². The smallest absolute Gasteiger partial charge is 0.232 e. The van der Waals surface area contributed by atoms with Gasteiger partial charge in [0.2, 0.25) is 10.0 Å². The maximum Gasteiger partial charge on any atom is 0.232 e. The number of benzene rings is 1. The summed E-state index contributed by atoms with van der Waals surface area (Å²) in [6, 6.07) is 3.57. The van der Waals surface area contributed by atoms with Crippen LogP contribution in [-0.2, 0) is 10.0 Å². The van der Waals surface area contributed by atoms with Gasteiger partial charge in [-0.15, -0.1) is 0 Å². The van der Waals surface area contributed by atoms with Gasteiger partial charge in [0.1, 0.15) is 0 Å². The summed E-state index contributed by atoms with van der Waals surface area (Å²) in [5, 5.41) is 0. The quantitative estimate of drug-likeness (QED) is 0.773. The Kier molecular flexibility index (Phi) is 3.24. The van der Waals surface area contributed by atoms with Crippen LogP contribution in [0.15, 0.2) is 12.1 Å². The van der Waals surface area contributed by atoms with Crippen molar-refractivity contribution in [2.24, 2.45) is 0 Å². The van der Waals surface area contributed by atoms with Crippen molar-refractivity contribution >= 4 is 21.4 Å². The molecular weight excluding hydrogens is 212 g/mol. The minimum Gasteiger partial charge on any atom is -0.397 e. The fourth-order valence-corrected chi connectivity index (χ4v) is 1.93. The molecule has 0 saturated carbocycles. The second-order valence-electron chi connectivity index (χ2n) is 3.48. The first-order chi connectivity index (χ1) is 6.87. The highest BCUT2D eigenvalue weighted by molar-refractivity contribution is 7.92. The van der Waals surface area contributed by atoms with E-state index in [1.54, 1.807) is 13.0 Å². The van der Waals surface area contributed by atoms with Crippen molar-refractivity contribution in [3.8, 4) is 0 Å². The van der Waals surface area contributed by atoms with E-state index in [0.717, 1.165) is 11.1 Å². The van der Waals surface area contributed by atoms with E-state index >= 15 is 0 Å². The summed E-state index contributed by atoms with van der Waals surface area (Å²) in [6.07, 6.45) is 0. The average Bonchev–Trinajstić information content (AvgIpc) is 2.19. The van der Waals surface area contributed by atoms with Crippen molar-refractivity contribution in [2.75, 3.05) is 16.2 Å². The highest BCUT2D eigenvalue weighted by Gasteiger charge is 2.12. The molecule has 5 heteroatoms. The van der Waals surface area contributed by atoms with Crippen molar-refractivity contribution in [2.45, 2.75) is 20.8 Å². The van der Waals surface area contributed by atoms with Gasteiger partial charge in [0.05, 0.1) is 17.1 Å². The third-order valence-corrected chi connectivity index (χ3v) is 3.68. The summed E-state index contributed by atoms with van der Waals surface area (Å²) in [5.74, 6) is 0.0415. The summed E-state index contributed by atoms with van der Waals surface area (Å²) in [7, 11) is -3.26. The van der Waals surface area contributed by atoms with E-state index in [9.17, 15) is 8.42 Å². The highest BCUT2D eigenvalue weighted by Crippen LogP contribution is 2.26. The van der Waals surface area contributed by atoms with Crippen LogP contribution in [0.1, 0.15) is 18.1 Å². The number of hydrogen-bond donors (Lipinski definition) is 2. The molecule has 1 rings (SSSR count). The van der Waals surface area contributed by atoms with Gasteiger partial charge in [-0.05, 0) is 38.0 Å². The standard InChI is InChI=1S/C10H16N2O2S/c1-4-15(13,14)12-10-8(3)7(2)5-6-9(10)11/h5-6,12H,4,11H2,1-3H3. The van der Waals surface area contributed by atoms with Gasteiger partial charge in [-0.1, -0.05) is 6.07 Å². The Hall–Kier alpha value is -1.23. The molecule has 0 atom stereocenters. The molecule has 3 N–H and O–H groups in total. The molecule has 0 amide bonds. The Balaban J connectivity index is 3.21. The van der Waals surface area contributed by atoms with E-state index < -0.39 is 10.0 Å². The Morgan fingerprint density at radius 2 is 1.93 bits per heavy atom. The zero-order valence-electron chi connectivity index (χ0n) is 9.16. The van der Waals surface area contributed by atoms with E-state index in [-0.39, 0.29) is 5.75 Å². The van der Waals surface area contributed by atoms with E-state index in [1.165, 1.54) is 0 Å². The second-order valence-corrected chi connectivity index (χ2v) is 5.49. The summed E-state index contributed by atoms with van der Waals surface area (Å²) in [5.41, 5.74) is 8.56. The van der Waals surface area contributed by atoms with Crippen LogP contribution in [-0.4, -0.2) is 14.2 Å². The van der Waals surface area contributed by atoms with Crippen LogP contribution in [0.4, 0.5) is 11.4 Å². The van der Waals surface area contributed by atoms with Crippen LogP contribution >= 0.6 is 0 Å². The van der Waals surface area contributed by atoms with E-state index in [0.29, 0.717) is 11.4 Å². The first-order valence-electron chi connectivity index (χ1n) is 4.73. The number of rotatable bonds is 3. The zero-order valence-corrected chi connectivity index (χ0v) is 9.98. The SMILES string of the molecule is CCS(=O)(=O)Nc1c(N)ccc(C)c1C. The summed E-state index contributed by atoms with van der Waals surface area (Å²) < 4.78 is 25.3. The molecule has 0 aliphatic rings. The van der Waals surface area contributed by atoms with Crippen molar-refractivity contribution in [1.29, 1.82) is 0 Å². The molecule has 4 nitrogen and oxygen atoms in total. The molecule has 0 fully saturated rings. The van der Waals surface area contributed by atoms with Gasteiger partial charge < -0.3 is 5.73 Å². The van der Waals surface area contributed by atoms with Crippen LogP contribution < -0.4 is 10.5 Å². The molecule has 1 aromatic rings. The van der Waals surface area contributed by atoms with Crippen molar-refractivity contribution in [3.05, 3.63) is 23.3 Å². The Bertz CT molecular complexity index is 467. The van der Waals surface area contributed by atoms with E-state index in [4.69, 9.17) is 5.73 Å². The van der Waals surface area contributed by atoms with Gasteiger partial charge in [0.25, 0.3) is 0 Å². The fourth-order valence-electron chi connectivity index (χ4n) is 1.20. The second kappa shape index (κ2) is 4.10. The lowest BCUT2D eigenvalue weighted by atomic mass is 10.1. The average molecular weight is 228 g/mol. The monoisotopic (exact) mass is 228 g/mol. The maximum atomic E-state index is 11.4.